The van der Waals surface area contributed by atoms with E-state index < -0.39 is 0 Å². The van der Waals surface area contributed by atoms with Gasteiger partial charge in [-0.1, -0.05) is 6.07 Å². The molecule has 106 valence electrons. The molecule has 2 atom stereocenters. The van der Waals surface area contributed by atoms with Crippen molar-refractivity contribution in [3.8, 4) is 5.75 Å². The minimum Gasteiger partial charge on any atom is -0.488 e. The quantitative estimate of drug-likeness (QED) is 0.900. The molecule has 19 heavy (non-hydrogen) atoms. The van der Waals surface area contributed by atoms with Crippen LogP contribution < -0.4 is 10.5 Å². The predicted molar refractivity (Wildman–Crippen MR) is 71.7 cm³/mol. The molecule has 1 heterocycles. The highest BCUT2D eigenvalue weighted by molar-refractivity contribution is 5.30. The number of halogens is 1. The zero-order chi connectivity index (χ0) is 13.8. The molecule has 0 radical (unpaired) electrons. The Morgan fingerprint density at radius 3 is 3.00 bits per heavy atom. The second-order valence-corrected chi connectivity index (χ2v) is 5.04. The van der Waals surface area contributed by atoms with Crippen LogP contribution in [0.1, 0.15) is 18.5 Å². The Hall–Kier alpha value is -1.17. The van der Waals surface area contributed by atoms with Crippen LogP contribution in [0, 0.1) is 5.82 Å². The van der Waals surface area contributed by atoms with Crippen molar-refractivity contribution in [2.75, 3.05) is 33.4 Å². The Morgan fingerprint density at radius 2 is 2.37 bits per heavy atom. The molecule has 1 aliphatic rings. The van der Waals surface area contributed by atoms with E-state index in [1.165, 1.54) is 6.07 Å². The Labute approximate surface area is 113 Å². The Morgan fingerprint density at radius 1 is 1.58 bits per heavy atom. The number of hydrogen-bond donors (Lipinski definition) is 1. The summed E-state index contributed by atoms with van der Waals surface area (Å²) in [6, 6.07) is 4.66. The van der Waals surface area contributed by atoms with Gasteiger partial charge in [0, 0.05) is 19.1 Å². The number of likely N-dealkylation sites (N-methyl/N-ethyl adjacent to an activating group) is 1. The number of nitrogens with two attached hydrogens (primary N) is 1. The van der Waals surface area contributed by atoms with Crippen LogP contribution in [-0.4, -0.2) is 44.4 Å². The third-order valence-electron chi connectivity index (χ3n) is 3.25. The van der Waals surface area contributed by atoms with E-state index in [0.717, 1.165) is 18.7 Å². The van der Waals surface area contributed by atoms with Crippen LogP contribution in [0.3, 0.4) is 0 Å². The van der Waals surface area contributed by atoms with Gasteiger partial charge in [-0.15, -0.1) is 0 Å². The normalized spacial score (nSPS) is 22.2. The average molecular weight is 268 g/mol. The summed E-state index contributed by atoms with van der Waals surface area (Å²) in [6.07, 6.45) is -0.00809. The fourth-order valence-electron chi connectivity index (χ4n) is 2.07. The molecule has 0 bridgehead atoms. The van der Waals surface area contributed by atoms with Gasteiger partial charge in [-0.25, -0.2) is 4.39 Å². The summed E-state index contributed by atoms with van der Waals surface area (Å²) in [4.78, 5) is 2.17. The largest absolute Gasteiger partial charge is 0.488 e. The van der Waals surface area contributed by atoms with Crippen molar-refractivity contribution in [3.63, 3.8) is 0 Å². The second-order valence-electron chi connectivity index (χ2n) is 5.04. The van der Waals surface area contributed by atoms with Crippen LogP contribution in [0.5, 0.6) is 5.75 Å². The number of nitrogens with zero attached hydrogens (tertiary/aromatic N) is 1. The summed E-state index contributed by atoms with van der Waals surface area (Å²) in [5.41, 5.74) is 6.47. The molecule has 0 aromatic heterocycles. The van der Waals surface area contributed by atoms with Gasteiger partial charge < -0.3 is 20.1 Å². The summed E-state index contributed by atoms with van der Waals surface area (Å²) in [5.74, 6) is -0.125. The van der Waals surface area contributed by atoms with Crippen molar-refractivity contribution >= 4 is 0 Å². The van der Waals surface area contributed by atoms with Crippen molar-refractivity contribution in [2.45, 2.75) is 19.1 Å². The highest BCUT2D eigenvalue weighted by Crippen LogP contribution is 2.21. The lowest BCUT2D eigenvalue weighted by molar-refractivity contribution is -0.0408. The second kappa shape index (κ2) is 6.32. The molecule has 1 aliphatic heterocycles. The van der Waals surface area contributed by atoms with Gasteiger partial charge >= 0.3 is 0 Å². The third-order valence-corrected chi connectivity index (χ3v) is 3.25. The van der Waals surface area contributed by atoms with Crippen molar-refractivity contribution in [2.24, 2.45) is 5.73 Å². The fourth-order valence-corrected chi connectivity index (χ4v) is 2.07. The molecule has 0 spiro atoms. The lowest BCUT2D eigenvalue weighted by Crippen LogP contribution is -2.42. The van der Waals surface area contributed by atoms with Crippen molar-refractivity contribution < 1.29 is 13.9 Å². The number of morpholine rings is 1. The van der Waals surface area contributed by atoms with E-state index in [2.05, 4.69) is 4.90 Å². The number of benzene rings is 1. The van der Waals surface area contributed by atoms with Gasteiger partial charge in [0.2, 0.25) is 0 Å². The van der Waals surface area contributed by atoms with Crippen LogP contribution in [0.15, 0.2) is 18.2 Å². The minimum atomic E-state index is -0.376. The topological polar surface area (TPSA) is 47.7 Å². The van der Waals surface area contributed by atoms with Crippen LogP contribution in [0.25, 0.3) is 0 Å². The summed E-state index contributed by atoms with van der Waals surface area (Å²) >= 11 is 0. The molecule has 2 N–H and O–H groups in total. The van der Waals surface area contributed by atoms with Crippen LogP contribution in [0.2, 0.25) is 0 Å². The maximum atomic E-state index is 13.8. The van der Waals surface area contributed by atoms with Gasteiger partial charge in [0.1, 0.15) is 12.7 Å². The molecule has 1 unspecified atom stereocenters. The molecule has 1 saturated heterocycles. The van der Waals surface area contributed by atoms with E-state index in [1.807, 2.05) is 14.0 Å². The minimum absolute atomic E-state index is 0.00809. The van der Waals surface area contributed by atoms with Crippen LogP contribution >= 0.6 is 0 Å². The third kappa shape index (κ3) is 3.89. The molecule has 1 aromatic rings. The van der Waals surface area contributed by atoms with Crippen LogP contribution in [-0.2, 0) is 4.74 Å². The highest BCUT2D eigenvalue weighted by Gasteiger charge is 2.19. The standard InChI is InChI=1S/C14H21FN2O2/c1-10(16)11-3-4-14(13(15)7-11)19-9-12-8-17(2)5-6-18-12/h3-4,7,10,12H,5-6,8-9,16H2,1-2H3/t10-,12?/m0/s1. The Kier molecular flexibility index (Phi) is 4.74. The lowest BCUT2D eigenvalue weighted by atomic mass is 10.1. The molecule has 0 saturated carbocycles. The maximum absolute atomic E-state index is 13.8. The summed E-state index contributed by atoms with van der Waals surface area (Å²) < 4.78 is 24.9. The summed E-state index contributed by atoms with van der Waals surface area (Å²) in [7, 11) is 2.04. The maximum Gasteiger partial charge on any atom is 0.165 e. The first-order valence-corrected chi connectivity index (χ1v) is 6.54. The van der Waals surface area contributed by atoms with E-state index in [0.29, 0.717) is 13.2 Å². The fraction of sp³-hybridized carbons (Fsp3) is 0.571. The zero-order valence-electron chi connectivity index (χ0n) is 11.4. The molecular weight excluding hydrogens is 247 g/mol. The van der Waals surface area contributed by atoms with E-state index in [9.17, 15) is 4.39 Å². The Balaban J connectivity index is 1.92. The molecule has 4 nitrogen and oxygen atoms in total. The zero-order valence-corrected chi connectivity index (χ0v) is 11.4. The van der Waals surface area contributed by atoms with E-state index >= 15 is 0 Å². The number of ether oxygens (including phenoxy) is 2. The van der Waals surface area contributed by atoms with Crippen molar-refractivity contribution in [1.82, 2.24) is 4.90 Å². The van der Waals surface area contributed by atoms with Gasteiger partial charge in [-0.05, 0) is 31.7 Å². The molecular formula is C14H21FN2O2. The molecule has 5 heteroatoms. The van der Waals surface area contributed by atoms with Crippen molar-refractivity contribution in [1.29, 1.82) is 0 Å². The monoisotopic (exact) mass is 268 g/mol. The smallest absolute Gasteiger partial charge is 0.165 e. The van der Waals surface area contributed by atoms with Gasteiger partial charge in [-0.2, -0.15) is 0 Å². The van der Waals surface area contributed by atoms with Gasteiger partial charge in [0.25, 0.3) is 0 Å². The van der Waals surface area contributed by atoms with E-state index in [-0.39, 0.29) is 23.7 Å². The summed E-state index contributed by atoms with van der Waals surface area (Å²) in [5, 5.41) is 0. The molecule has 1 fully saturated rings. The van der Waals surface area contributed by atoms with E-state index in [1.54, 1.807) is 12.1 Å². The first-order chi connectivity index (χ1) is 9.06. The SMILES string of the molecule is C[C@H](N)c1ccc(OCC2CN(C)CCO2)c(F)c1. The molecule has 2 rings (SSSR count). The first-order valence-electron chi connectivity index (χ1n) is 6.54. The first kappa shape index (κ1) is 14.2. The number of hydrogen-bond acceptors (Lipinski definition) is 4. The summed E-state index contributed by atoms with van der Waals surface area (Å²) in [6.45, 7) is 4.60. The lowest BCUT2D eigenvalue weighted by Gasteiger charge is -2.29. The highest BCUT2D eigenvalue weighted by atomic mass is 19.1. The van der Waals surface area contributed by atoms with Crippen LogP contribution in [0.4, 0.5) is 4.39 Å². The Bertz CT molecular complexity index is 426. The van der Waals surface area contributed by atoms with Gasteiger partial charge in [0.05, 0.1) is 6.61 Å². The molecule has 0 aliphatic carbocycles. The van der Waals surface area contributed by atoms with Gasteiger partial charge in [-0.3, -0.25) is 0 Å². The van der Waals surface area contributed by atoms with E-state index in [4.69, 9.17) is 15.2 Å². The van der Waals surface area contributed by atoms with Gasteiger partial charge in [0.15, 0.2) is 11.6 Å². The molecule has 0 amide bonds. The molecule has 1 aromatic carbocycles. The number of rotatable bonds is 4. The predicted octanol–water partition coefficient (Wildman–Crippen LogP) is 1.55. The average Bonchev–Trinajstić information content (AvgIpc) is 2.37. The van der Waals surface area contributed by atoms with Crippen molar-refractivity contribution in [3.05, 3.63) is 29.6 Å².